The fourth-order valence-electron chi connectivity index (χ4n) is 2.58. The first kappa shape index (κ1) is 16.5. The first-order chi connectivity index (χ1) is 9.89. The van der Waals surface area contributed by atoms with Crippen LogP contribution in [0.4, 0.5) is 0 Å². The molecule has 1 aliphatic heterocycles. The van der Waals surface area contributed by atoms with Gasteiger partial charge in [0.15, 0.2) is 5.03 Å². The number of nitrogens with zero attached hydrogens (tertiary/aromatic N) is 3. The Bertz CT molecular complexity index is 545. The van der Waals surface area contributed by atoms with Gasteiger partial charge in [-0.1, -0.05) is 13.8 Å². The summed E-state index contributed by atoms with van der Waals surface area (Å²) in [5.74, 6) is 1.22. The van der Waals surface area contributed by atoms with Crippen molar-refractivity contribution < 1.29 is 8.42 Å². The highest BCUT2D eigenvalue weighted by Crippen LogP contribution is 2.22. The molecular weight excluding hydrogens is 288 g/mol. The van der Waals surface area contributed by atoms with Gasteiger partial charge in [-0.05, 0) is 37.8 Å². The van der Waals surface area contributed by atoms with Crippen LogP contribution in [0.3, 0.4) is 0 Å². The second-order valence-corrected chi connectivity index (χ2v) is 8.16. The molecule has 0 spiro atoms. The highest BCUT2D eigenvalue weighted by molar-refractivity contribution is 7.89. The van der Waals surface area contributed by atoms with E-state index < -0.39 is 10.0 Å². The lowest BCUT2D eigenvalue weighted by Gasteiger charge is -2.30. The molecule has 6 nitrogen and oxygen atoms in total. The van der Waals surface area contributed by atoms with E-state index in [4.69, 9.17) is 0 Å². The normalized spacial score (nSPS) is 18.5. The summed E-state index contributed by atoms with van der Waals surface area (Å²) < 4.78 is 28.1. The van der Waals surface area contributed by atoms with Gasteiger partial charge in [0.1, 0.15) is 0 Å². The summed E-state index contributed by atoms with van der Waals surface area (Å²) in [5, 5.41) is 3.61. The van der Waals surface area contributed by atoms with Crippen molar-refractivity contribution in [2.45, 2.75) is 31.7 Å². The number of imidazole rings is 1. The van der Waals surface area contributed by atoms with Crippen LogP contribution in [0, 0.1) is 11.8 Å². The predicted octanol–water partition coefficient (Wildman–Crippen LogP) is 1.07. The van der Waals surface area contributed by atoms with E-state index in [1.165, 1.54) is 6.33 Å². The minimum Gasteiger partial charge on any atom is -0.339 e. The molecule has 0 aliphatic carbocycles. The smallest absolute Gasteiger partial charge is 0.262 e. The fourth-order valence-corrected chi connectivity index (χ4v) is 4.02. The average Bonchev–Trinajstić information content (AvgIpc) is 2.86. The average molecular weight is 314 g/mol. The van der Waals surface area contributed by atoms with Crippen molar-refractivity contribution in [2.24, 2.45) is 18.9 Å². The summed E-state index contributed by atoms with van der Waals surface area (Å²) in [4.78, 5) is 3.97. The van der Waals surface area contributed by atoms with Gasteiger partial charge in [-0.2, -0.15) is 4.31 Å². The molecule has 1 aliphatic rings. The van der Waals surface area contributed by atoms with Crippen molar-refractivity contribution in [2.75, 3.05) is 26.2 Å². The Morgan fingerprint density at radius 1 is 1.38 bits per heavy atom. The van der Waals surface area contributed by atoms with E-state index in [0.717, 1.165) is 25.9 Å². The van der Waals surface area contributed by atoms with Gasteiger partial charge in [-0.15, -0.1) is 0 Å². The Morgan fingerprint density at radius 2 is 2.05 bits per heavy atom. The second kappa shape index (κ2) is 6.89. The lowest BCUT2D eigenvalue weighted by molar-refractivity contribution is 0.265. The molecule has 1 aromatic heterocycles. The number of rotatable bonds is 6. The van der Waals surface area contributed by atoms with Crippen molar-refractivity contribution in [3.05, 3.63) is 12.5 Å². The lowest BCUT2D eigenvalue weighted by Crippen LogP contribution is -2.41. The zero-order valence-corrected chi connectivity index (χ0v) is 13.9. The van der Waals surface area contributed by atoms with Gasteiger partial charge >= 0.3 is 0 Å². The molecule has 0 radical (unpaired) electrons. The molecule has 0 atom stereocenters. The maximum atomic E-state index is 12.4. The van der Waals surface area contributed by atoms with Crippen LogP contribution in [-0.2, 0) is 17.1 Å². The summed E-state index contributed by atoms with van der Waals surface area (Å²) in [7, 11) is -1.64. The van der Waals surface area contributed by atoms with Crippen molar-refractivity contribution in [1.82, 2.24) is 19.2 Å². The Morgan fingerprint density at radius 3 is 2.57 bits per heavy atom. The van der Waals surface area contributed by atoms with Gasteiger partial charge in [0.05, 0.1) is 6.33 Å². The number of aromatic nitrogens is 2. The largest absolute Gasteiger partial charge is 0.339 e. The first-order valence-electron chi connectivity index (χ1n) is 7.58. The monoisotopic (exact) mass is 314 g/mol. The number of sulfonamides is 1. The number of nitrogens with one attached hydrogen (secondary N) is 1. The summed E-state index contributed by atoms with van der Waals surface area (Å²) in [6.07, 6.45) is 4.91. The van der Waals surface area contributed by atoms with Crippen LogP contribution in [0.5, 0.6) is 0 Å². The van der Waals surface area contributed by atoms with Crippen molar-refractivity contribution in [3.63, 3.8) is 0 Å². The minimum absolute atomic E-state index is 0.154. The quantitative estimate of drug-likeness (QED) is 0.853. The van der Waals surface area contributed by atoms with Gasteiger partial charge in [0.25, 0.3) is 10.0 Å². The first-order valence-corrected chi connectivity index (χ1v) is 9.02. The summed E-state index contributed by atoms with van der Waals surface area (Å²) >= 11 is 0. The highest BCUT2D eigenvalue weighted by Gasteiger charge is 2.30. The number of hydrogen-bond donors (Lipinski definition) is 1. The van der Waals surface area contributed by atoms with Gasteiger partial charge in [-0.25, -0.2) is 13.4 Å². The van der Waals surface area contributed by atoms with Crippen LogP contribution in [-0.4, -0.2) is 48.5 Å². The minimum atomic E-state index is -3.42. The van der Waals surface area contributed by atoms with Crippen molar-refractivity contribution in [1.29, 1.82) is 0 Å². The zero-order valence-electron chi connectivity index (χ0n) is 13.1. The molecule has 1 saturated heterocycles. The lowest BCUT2D eigenvalue weighted by atomic mass is 9.98. The molecule has 1 N–H and O–H groups in total. The SMILES string of the molecule is CC(C)CNCC1CCN(S(=O)(=O)c2cn(C)cn2)CC1. The van der Waals surface area contributed by atoms with E-state index in [0.29, 0.717) is 24.9 Å². The highest BCUT2D eigenvalue weighted by atomic mass is 32.2. The summed E-state index contributed by atoms with van der Waals surface area (Å²) in [5.41, 5.74) is 0. The third-order valence-electron chi connectivity index (χ3n) is 3.84. The van der Waals surface area contributed by atoms with E-state index in [9.17, 15) is 8.42 Å². The molecule has 21 heavy (non-hydrogen) atoms. The maximum absolute atomic E-state index is 12.4. The van der Waals surface area contributed by atoms with Crippen LogP contribution >= 0.6 is 0 Å². The van der Waals surface area contributed by atoms with Crippen molar-refractivity contribution in [3.8, 4) is 0 Å². The maximum Gasteiger partial charge on any atom is 0.262 e. The van der Waals surface area contributed by atoms with Gasteiger partial charge in [-0.3, -0.25) is 0 Å². The third-order valence-corrected chi connectivity index (χ3v) is 5.63. The van der Waals surface area contributed by atoms with Gasteiger partial charge in [0.2, 0.25) is 0 Å². The molecule has 0 aromatic carbocycles. The number of aryl methyl sites for hydroxylation is 1. The molecule has 1 fully saturated rings. The number of hydrogen-bond acceptors (Lipinski definition) is 4. The molecule has 2 heterocycles. The Balaban J connectivity index is 1.86. The van der Waals surface area contributed by atoms with E-state index in [-0.39, 0.29) is 5.03 Å². The van der Waals surface area contributed by atoms with E-state index >= 15 is 0 Å². The molecule has 120 valence electrons. The number of piperidine rings is 1. The van der Waals surface area contributed by atoms with Crippen LogP contribution in [0.25, 0.3) is 0 Å². The fraction of sp³-hybridized carbons (Fsp3) is 0.786. The third kappa shape index (κ3) is 4.28. The van der Waals surface area contributed by atoms with Crippen LogP contribution in [0.1, 0.15) is 26.7 Å². The van der Waals surface area contributed by atoms with Crippen LogP contribution in [0.2, 0.25) is 0 Å². The van der Waals surface area contributed by atoms with Crippen LogP contribution < -0.4 is 5.32 Å². The van der Waals surface area contributed by atoms with E-state index in [1.54, 1.807) is 22.1 Å². The molecular formula is C14H26N4O2S. The van der Waals surface area contributed by atoms with Crippen molar-refractivity contribution >= 4 is 10.0 Å². The Labute approximate surface area is 127 Å². The topological polar surface area (TPSA) is 67.2 Å². The van der Waals surface area contributed by atoms with E-state index in [1.807, 2.05) is 0 Å². The Hall–Kier alpha value is -0.920. The zero-order chi connectivity index (χ0) is 15.5. The predicted molar refractivity (Wildman–Crippen MR) is 82.4 cm³/mol. The summed E-state index contributed by atoms with van der Waals surface area (Å²) in [6, 6.07) is 0. The second-order valence-electron chi connectivity index (χ2n) is 6.28. The van der Waals surface area contributed by atoms with Gasteiger partial charge < -0.3 is 9.88 Å². The summed E-state index contributed by atoms with van der Waals surface area (Å²) in [6.45, 7) is 7.56. The molecule has 0 amide bonds. The van der Waals surface area contributed by atoms with Crippen LogP contribution in [0.15, 0.2) is 17.6 Å². The molecule has 1 aromatic rings. The molecule has 7 heteroatoms. The van der Waals surface area contributed by atoms with Gasteiger partial charge in [0, 0.05) is 26.3 Å². The molecule has 2 rings (SSSR count). The molecule has 0 unspecified atom stereocenters. The standard InChI is InChI=1S/C14H26N4O2S/c1-12(2)8-15-9-13-4-6-18(7-5-13)21(19,20)14-10-17(3)11-16-14/h10-13,15H,4-9H2,1-3H3. The molecule has 0 bridgehead atoms. The Kier molecular flexibility index (Phi) is 5.40. The van der Waals surface area contributed by atoms with E-state index in [2.05, 4.69) is 24.1 Å². The molecule has 0 saturated carbocycles.